The number of hydrogen-bond donors (Lipinski definition) is 3. The highest BCUT2D eigenvalue weighted by molar-refractivity contribution is 5.61. The van der Waals surface area contributed by atoms with Crippen LogP contribution in [0, 0.1) is 0 Å². The number of benzene rings is 1. The summed E-state index contributed by atoms with van der Waals surface area (Å²) in [5.74, 6) is 0.369. The van der Waals surface area contributed by atoms with Crippen LogP contribution in [-0.2, 0) is 6.42 Å². The average molecular weight is 190 g/mol. The van der Waals surface area contributed by atoms with E-state index in [4.69, 9.17) is 0 Å². The smallest absolute Gasteiger partial charge is 0.116 e. The molecule has 14 heavy (non-hydrogen) atoms. The largest absolute Gasteiger partial charge is 0.508 e. The van der Waals surface area contributed by atoms with Gasteiger partial charge in [-0.25, -0.2) is 0 Å². The second kappa shape index (κ2) is 2.64. The maximum absolute atomic E-state index is 9.38. The highest BCUT2D eigenvalue weighted by Crippen LogP contribution is 2.37. The molecule has 3 heteroatoms. The third-order valence-corrected chi connectivity index (χ3v) is 3.26. The van der Waals surface area contributed by atoms with Crippen molar-refractivity contribution in [2.45, 2.75) is 18.4 Å². The first kappa shape index (κ1) is 8.12. The van der Waals surface area contributed by atoms with E-state index in [1.54, 1.807) is 6.07 Å². The van der Waals surface area contributed by atoms with E-state index in [-0.39, 0.29) is 5.54 Å². The van der Waals surface area contributed by atoms with E-state index in [1.807, 2.05) is 12.1 Å². The minimum absolute atomic E-state index is 0.218. The molecule has 3 rings (SSSR count). The summed E-state index contributed by atoms with van der Waals surface area (Å²) in [5.41, 5.74) is 2.65. The summed E-state index contributed by atoms with van der Waals surface area (Å²) in [5, 5.41) is 16.3. The van der Waals surface area contributed by atoms with Crippen LogP contribution >= 0.6 is 0 Å². The van der Waals surface area contributed by atoms with Gasteiger partial charge in [-0.2, -0.15) is 0 Å². The first-order valence-electron chi connectivity index (χ1n) is 5.08. The summed E-state index contributed by atoms with van der Waals surface area (Å²) < 4.78 is 0. The Bertz CT molecular complexity index is 370. The van der Waals surface area contributed by atoms with Gasteiger partial charge in [0.25, 0.3) is 0 Å². The lowest BCUT2D eigenvalue weighted by Crippen LogP contribution is -2.38. The Labute approximate surface area is 83.1 Å². The Kier molecular flexibility index (Phi) is 1.53. The van der Waals surface area contributed by atoms with Crippen LogP contribution in [0.3, 0.4) is 0 Å². The molecule has 0 aliphatic carbocycles. The van der Waals surface area contributed by atoms with Gasteiger partial charge < -0.3 is 15.7 Å². The molecule has 1 fully saturated rings. The van der Waals surface area contributed by atoms with Gasteiger partial charge in [0.05, 0.1) is 5.54 Å². The molecule has 0 amide bonds. The van der Waals surface area contributed by atoms with Crippen LogP contribution in [0.15, 0.2) is 18.2 Å². The molecule has 1 aromatic rings. The Balaban J connectivity index is 1.96. The van der Waals surface area contributed by atoms with Crippen LogP contribution in [-0.4, -0.2) is 23.7 Å². The van der Waals surface area contributed by atoms with Crippen LogP contribution in [0.5, 0.6) is 5.75 Å². The molecule has 1 unspecified atom stereocenters. The Morgan fingerprint density at radius 1 is 1.36 bits per heavy atom. The zero-order valence-electron chi connectivity index (χ0n) is 8.01. The van der Waals surface area contributed by atoms with Crippen LogP contribution in [0.2, 0.25) is 0 Å². The maximum atomic E-state index is 9.38. The van der Waals surface area contributed by atoms with Crippen LogP contribution < -0.4 is 10.6 Å². The van der Waals surface area contributed by atoms with Gasteiger partial charge >= 0.3 is 0 Å². The second-order valence-electron chi connectivity index (χ2n) is 4.35. The van der Waals surface area contributed by atoms with Crippen LogP contribution in [0.25, 0.3) is 0 Å². The maximum Gasteiger partial charge on any atom is 0.116 e. The monoisotopic (exact) mass is 190 g/mol. The van der Waals surface area contributed by atoms with Gasteiger partial charge in [0.1, 0.15) is 5.75 Å². The fourth-order valence-electron chi connectivity index (χ4n) is 2.54. The van der Waals surface area contributed by atoms with Crippen molar-refractivity contribution < 1.29 is 5.11 Å². The van der Waals surface area contributed by atoms with E-state index in [0.717, 1.165) is 19.5 Å². The third kappa shape index (κ3) is 1.09. The van der Waals surface area contributed by atoms with Crippen molar-refractivity contribution in [1.82, 2.24) is 5.32 Å². The Morgan fingerprint density at radius 3 is 3.07 bits per heavy atom. The molecule has 1 saturated heterocycles. The molecule has 74 valence electrons. The molecule has 0 saturated carbocycles. The zero-order valence-corrected chi connectivity index (χ0v) is 8.01. The number of anilines is 1. The van der Waals surface area contributed by atoms with Crippen molar-refractivity contribution in [3.05, 3.63) is 23.8 Å². The van der Waals surface area contributed by atoms with E-state index in [2.05, 4.69) is 10.6 Å². The molecule has 0 radical (unpaired) electrons. The normalized spacial score (nSPS) is 29.1. The minimum Gasteiger partial charge on any atom is -0.508 e. The Hall–Kier alpha value is -1.22. The quantitative estimate of drug-likeness (QED) is 0.537. The van der Waals surface area contributed by atoms with Gasteiger partial charge in [-0.05, 0) is 43.1 Å². The lowest BCUT2D eigenvalue weighted by Gasteiger charge is -2.22. The lowest BCUT2D eigenvalue weighted by molar-refractivity contribution is 0.474. The molecule has 3 N–H and O–H groups in total. The molecular formula is C11H14N2O. The van der Waals surface area contributed by atoms with Gasteiger partial charge in [-0.3, -0.25) is 0 Å². The summed E-state index contributed by atoms with van der Waals surface area (Å²) in [6.45, 7) is 2.12. The third-order valence-electron chi connectivity index (χ3n) is 3.26. The number of hydrogen-bond acceptors (Lipinski definition) is 3. The van der Waals surface area contributed by atoms with Gasteiger partial charge in [-0.1, -0.05) is 0 Å². The van der Waals surface area contributed by atoms with Gasteiger partial charge in [-0.15, -0.1) is 0 Å². The molecule has 2 aliphatic rings. The van der Waals surface area contributed by atoms with Gasteiger partial charge in [0.2, 0.25) is 0 Å². The highest BCUT2D eigenvalue weighted by Gasteiger charge is 2.39. The van der Waals surface area contributed by atoms with Gasteiger partial charge in [0, 0.05) is 12.2 Å². The van der Waals surface area contributed by atoms with Crippen molar-refractivity contribution in [1.29, 1.82) is 0 Å². The first-order chi connectivity index (χ1) is 6.77. The number of nitrogens with one attached hydrogen (secondary N) is 2. The van der Waals surface area contributed by atoms with Crippen molar-refractivity contribution in [2.75, 3.05) is 18.4 Å². The topological polar surface area (TPSA) is 44.3 Å². The summed E-state index contributed by atoms with van der Waals surface area (Å²) in [4.78, 5) is 0. The van der Waals surface area contributed by atoms with Crippen molar-refractivity contribution in [3.63, 3.8) is 0 Å². The van der Waals surface area contributed by atoms with Gasteiger partial charge in [0.15, 0.2) is 0 Å². The SMILES string of the molecule is Oc1ccc2c(c1)CC1(CCNC1)N2. The van der Waals surface area contributed by atoms with E-state index >= 15 is 0 Å². The van der Waals surface area contributed by atoms with E-state index < -0.39 is 0 Å². The van der Waals surface area contributed by atoms with Crippen molar-refractivity contribution >= 4 is 5.69 Å². The molecular weight excluding hydrogens is 176 g/mol. The number of phenols is 1. The minimum atomic E-state index is 0.218. The summed E-state index contributed by atoms with van der Waals surface area (Å²) in [6, 6.07) is 5.58. The molecule has 0 aromatic heterocycles. The molecule has 2 heterocycles. The lowest BCUT2D eigenvalue weighted by atomic mass is 9.94. The second-order valence-corrected chi connectivity index (χ2v) is 4.35. The number of rotatable bonds is 0. The summed E-state index contributed by atoms with van der Waals surface area (Å²) >= 11 is 0. The average Bonchev–Trinajstić information content (AvgIpc) is 2.72. The van der Waals surface area contributed by atoms with Crippen LogP contribution in [0.4, 0.5) is 5.69 Å². The summed E-state index contributed by atoms with van der Waals surface area (Å²) in [7, 11) is 0. The molecule has 2 aliphatic heterocycles. The van der Waals surface area contributed by atoms with E-state index in [0.29, 0.717) is 5.75 Å². The molecule has 3 nitrogen and oxygen atoms in total. The van der Waals surface area contributed by atoms with Crippen molar-refractivity contribution in [2.24, 2.45) is 0 Å². The first-order valence-corrected chi connectivity index (χ1v) is 5.08. The molecule has 1 atom stereocenters. The predicted octanol–water partition coefficient (Wildman–Crippen LogP) is 1.09. The predicted molar refractivity (Wildman–Crippen MR) is 55.7 cm³/mol. The van der Waals surface area contributed by atoms with E-state index in [9.17, 15) is 5.11 Å². The summed E-state index contributed by atoms with van der Waals surface area (Å²) in [6.07, 6.45) is 2.20. The zero-order chi connectivity index (χ0) is 9.60. The fraction of sp³-hybridized carbons (Fsp3) is 0.455. The Morgan fingerprint density at radius 2 is 2.29 bits per heavy atom. The van der Waals surface area contributed by atoms with Crippen molar-refractivity contribution in [3.8, 4) is 5.75 Å². The highest BCUT2D eigenvalue weighted by atomic mass is 16.3. The number of fused-ring (bicyclic) bond motifs is 1. The number of phenolic OH excluding ortho intramolecular Hbond substituents is 1. The molecule has 1 aromatic carbocycles. The van der Waals surface area contributed by atoms with Crippen LogP contribution in [0.1, 0.15) is 12.0 Å². The standard InChI is InChI=1S/C11H14N2O/c14-9-1-2-10-8(5-9)6-11(13-10)3-4-12-7-11/h1-2,5,12-14H,3-4,6-7H2. The number of aromatic hydroxyl groups is 1. The molecule has 1 spiro atoms. The van der Waals surface area contributed by atoms with E-state index in [1.165, 1.54) is 17.7 Å². The molecule has 0 bridgehead atoms. The fourth-order valence-corrected chi connectivity index (χ4v) is 2.54.